The first-order valence-electron chi connectivity index (χ1n) is 2.58. The van der Waals surface area contributed by atoms with Gasteiger partial charge in [-0.15, -0.1) is 0 Å². The maximum absolute atomic E-state index is 11.9. The van der Waals surface area contributed by atoms with Crippen LogP contribution < -0.4 is 0 Å². The molecule has 1 rings (SSSR count). The van der Waals surface area contributed by atoms with E-state index in [1.165, 1.54) is 0 Å². The van der Waals surface area contributed by atoms with Crippen molar-refractivity contribution in [2.75, 3.05) is 0 Å². The lowest BCUT2D eigenvalue weighted by Crippen LogP contribution is -1.97. The molecule has 3 nitrogen and oxygen atoms in total. The molecule has 1 aromatic rings. The molecule has 0 aliphatic heterocycles. The Morgan fingerprint density at radius 3 is 2.64 bits per heavy atom. The Balaban J connectivity index is 3.07. The largest absolute Gasteiger partial charge is 0.333 e. The molecular weight excluding hydrogens is 267 g/mol. The number of hydrogen-bond acceptors (Lipinski definition) is 2. The van der Waals surface area contributed by atoms with E-state index in [2.05, 4.69) is 5.10 Å². The van der Waals surface area contributed by atoms with E-state index in [1.807, 2.05) is 0 Å². The van der Waals surface area contributed by atoms with Crippen LogP contribution in [-0.4, -0.2) is 9.78 Å². The summed E-state index contributed by atoms with van der Waals surface area (Å²) >= 11 is 1.78. The maximum Gasteiger partial charge on any atom is 0.333 e. The highest BCUT2D eigenvalue weighted by atomic mass is 127. The van der Waals surface area contributed by atoms with Crippen LogP contribution in [0.5, 0.6) is 0 Å². The molecule has 0 atom stereocenters. The van der Waals surface area contributed by atoms with Gasteiger partial charge >= 0.3 is 6.55 Å². The van der Waals surface area contributed by atoms with E-state index in [1.54, 1.807) is 28.7 Å². The Morgan fingerprint density at radius 2 is 2.36 bits per heavy atom. The summed E-state index contributed by atoms with van der Waals surface area (Å²) in [6, 6.07) is 1.70. The van der Waals surface area contributed by atoms with Crippen molar-refractivity contribution in [3.05, 3.63) is 15.5 Å². The number of nitrogens with zero attached hydrogens (tertiary/aromatic N) is 3. The number of hydrogen-bond donors (Lipinski definition) is 0. The average Bonchev–Trinajstić information content (AvgIpc) is 2.31. The normalized spacial score (nSPS) is 10.1. The summed E-state index contributed by atoms with van der Waals surface area (Å²) in [7, 11) is 0. The molecule has 0 saturated heterocycles. The zero-order valence-electron chi connectivity index (χ0n) is 5.13. The monoisotopic (exact) mass is 269 g/mol. The quantitative estimate of drug-likeness (QED) is 0.729. The Kier molecular flexibility index (Phi) is 2.38. The van der Waals surface area contributed by atoms with Crippen molar-refractivity contribution in [2.24, 2.45) is 0 Å². The lowest BCUT2D eigenvalue weighted by molar-refractivity contribution is 0.0564. The predicted molar refractivity (Wildman–Crippen MR) is 40.9 cm³/mol. The summed E-state index contributed by atoms with van der Waals surface area (Å²) in [4.78, 5) is 0. The van der Waals surface area contributed by atoms with Crippen LogP contribution in [0.1, 0.15) is 12.2 Å². The van der Waals surface area contributed by atoms with E-state index in [0.29, 0.717) is 8.25 Å². The van der Waals surface area contributed by atoms with Crippen molar-refractivity contribution in [1.29, 1.82) is 5.26 Å². The first-order valence-corrected chi connectivity index (χ1v) is 3.66. The molecule has 0 aromatic carbocycles. The summed E-state index contributed by atoms with van der Waals surface area (Å²) in [6.07, 6.45) is 1.13. The summed E-state index contributed by atoms with van der Waals surface area (Å²) < 4.78 is 24.7. The molecule has 11 heavy (non-hydrogen) atoms. The zero-order valence-corrected chi connectivity index (χ0v) is 7.29. The van der Waals surface area contributed by atoms with Gasteiger partial charge in [-0.25, -0.2) is 4.68 Å². The zero-order chi connectivity index (χ0) is 8.43. The van der Waals surface area contributed by atoms with Gasteiger partial charge in [-0.2, -0.15) is 19.1 Å². The first kappa shape index (κ1) is 8.39. The second-order valence-electron chi connectivity index (χ2n) is 1.70. The number of nitriles is 1. The lowest BCUT2D eigenvalue weighted by Gasteiger charge is -1.93. The van der Waals surface area contributed by atoms with Gasteiger partial charge in [0, 0.05) is 6.20 Å². The molecule has 0 saturated carbocycles. The minimum atomic E-state index is -2.68. The van der Waals surface area contributed by atoms with Gasteiger partial charge in [0.1, 0.15) is 6.07 Å². The van der Waals surface area contributed by atoms with Crippen molar-refractivity contribution < 1.29 is 8.78 Å². The molecule has 0 bridgehead atoms. The molecule has 1 aromatic heterocycles. The second kappa shape index (κ2) is 3.13. The topological polar surface area (TPSA) is 41.6 Å². The lowest BCUT2D eigenvalue weighted by atomic mass is 10.5. The van der Waals surface area contributed by atoms with Crippen LogP contribution >= 0.6 is 22.6 Å². The van der Waals surface area contributed by atoms with E-state index in [0.717, 1.165) is 6.20 Å². The van der Waals surface area contributed by atoms with Gasteiger partial charge in [-0.05, 0) is 22.6 Å². The van der Waals surface area contributed by atoms with E-state index < -0.39 is 6.55 Å². The third kappa shape index (κ3) is 1.65. The van der Waals surface area contributed by atoms with Crippen molar-refractivity contribution in [2.45, 2.75) is 6.55 Å². The van der Waals surface area contributed by atoms with Crippen LogP contribution in [0.4, 0.5) is 8.78 Å². The summed E-state index contributed by atoms with van der Waals surface area (Å²) in [5.41, 5.74) is 0.0332. The Labute approximate surface area is 74.8 Å². The second-order valence-corrected chi connectivity index (χ2v) is 2.86. The van der Waals surface area contributed by atoms with E-state index >= 15 is 0 Å². The van der Waals surface area contributed by atoms with Crippen molar-refractivity contribution >= 4 is 22.6 Å². The molecule has 0 N–H and O–H groups in total. The Hall–Kier alpha value is -0.710. The van der Waals surface area contributed by atoms with Gasteiger partial charge in [-0.1, -0.05) is 0 Å². The molecule has 58 valence electrons. The molecule has 0 unspecified atom stereocenters. The molecule has 0 radical (unpaired) electrons. The van der Waals surface area contributed by atoms with Gasteiger partial charge in [0.25, 0.3) is 0 Å². The highest BCUT2D eigenvalue weighted by molar-refractivity contribution is 14.1. The number of rotatable bonds is 1. The molecule has 0 aliphatic carbocycles. The van der Waals surface area contributed by atoms with Crippen LogP contribution in [0.3, 0.4) is 0 Å². The third-order valence-electron chi connectivity index (χ3n) is 0.993. The van der Waals surface area contributed by atoms with Crippen LogP contribution in [0.2, 0.25) is 0 Å². The summed E-state index contributed by atoms with van der Waals surface area (Å²) in [5, 5.41) is 11.7. The predicted octanol–water partition coefficient (Wildman–Crippen LogP) is 1.75. The highest BCUT2D eigenvalue weighted by Gasteiger charge is 2.11. The third-order valence-corrected chi connectivity index (χ3v) is 1.78. The van der Waals surface area contributed by atoms with Gasteiger partial charge in [0.2, 0.25) is 0 Å². The van der Waals surface area contributed by atoms with Gasteiger partial charge in [-0.3, -0.25) is 0 Å². The maximum atomic E-state index is 11.9. The molecule has 0 fully saturated rings. The smallest absolute Gasteiger partial charge is 0.209 e. The first-order chi connectivity index (χ1) is 5.15. The number of halogens is 3. The number of aromatic nitrogens is 2. The molecule has 6 heteroatoms. The van der Waals surface area contributed by atoms with E-state index in [-0.39, 0.29) is 5.69 Å². The van der Waals surface area contributed by atoms with E-state index in [4.69, 9.17) is 5.26 Å². The Morgan fingerprint density at radius 1 is 1.73 bits per heavy atom. The SMILES string of the molecule is N#Cc1nn(C(F)F)cc1I. The molecule has 0 aliphatic rings. The van der Waals surface area contributed by atoms with Crippen LogP contribution in [-0.2, 0) is 0 Å². The van der Waals surface area contributed by atoms with Crippen LogP contribution in [0, 0.1) is 14.9 Å². The minimum absolute atomic E-state index is 0.0332. The fourth-order valence-corrected chi connectivity index (χ4v) is 1.06. The van der Waals surface area contributed by atoms with Crippen molar-refractivity contribution in [1.82, 2.24) is 9.78 Å². The summed E-state index contributed by atoms with van der Waals surface area (Å²) in [5.74, 6) is 0. The number of alkyl halides is 2. The van der Waals surface area contributed by atoms with E-state index in [9.17, 15) is 8.78 Å². The fourth-order valence-electron chi connectivity index (χ4n) is 0.545. The van der Waals surface area contributed by atoms with Crippen molar-refractivity contribution in [3.63, 3.8) is 0 Å². The molecule has 0 spiro atoms. The van der Waals surface area contributed by atoms with Gasteiger partial charge in [0.05, 0.1) is 3.57 Å². The van der Waals surface area contributed by atoms with Crippen LogP contribution in [0.15, 0.2) is 6.20 Å². The average molecular weight is 269 g/mol. The molecule has 0 amide bonds. The minimum Gasteiger partial charge on any atom is -0.209 e. The molecular formula is C5H2F2IN3. The van der Waals surface area contributed by atoms with Gasteiger partial charge < -0.3 is 0 Å². The highest BCUT2D eigenvalue weighted by Crippen LogP contribution is 2.14. The van der Waals surface area contributed by atoms with Gasteiger partial charge in [0.15, 0.2) is 5.69 Å². The fraction of sp³-hybridized carbons (Fsp3) is 0.200. The van der Waals surface area contributed by atoms with Crippen molar-refractivity contribution in [3.8, 4) is 6.07 Å². The summed E-state index contributed by atoms with van der Waals surface area (Å²) in [6.45, 7) is -2.68. The van der Waals surface area contributed by atoms with Crippen LogP contribution in [0.25, 0.3) is 0 Å². The standard InChI is InChI=1S/C5H2F2IN3/c6-5(7)11-2-3(8)4(1-9)10-11/h2,5H. The Bertz CT molecular complexity index is 301. The molecule has 1 heterocycles.